The van der Waals surface area contributed by atoms with E-state index >= 15 is 0 Å². The molecule has 0 aliphatic heterocycles. The molecule has 0 aromatic heterocycles. The Morgan fingerprint density at radius 1 is 1.03 bits per heavy atom. The molecule has 0 aliphatic carbocycles. The van der Waals surface area contributed by atoms with Crippen molar-refractivity contribution in [3.63, 3.8) is 0 Å². The van der Waals surface area contributed by atoms with Crippen molar-refractivity contribution in [1.82, 2.24) is 15.5 Å². The molecule has 0 bridgehead atoms. The Bertz CT molecular complexity index is 768. The van der Waals surface area contributed by atoms with Gasteiger partial charge in [-0.25, -0.2) is 0 Å². The Balaban J connectivity index is 2.02. The van der Waals surface area contributed by atoms with Crippen molar-refractivity contribution < 1.29 is 4.79 Å². The summed E-state index contributed by atoms with van der Waals surface area (Å²) in [6.07, 6.45) is 2.47. The van der Waals surface area contributed by atoms with E-state index in [1.807, 2.05) is 66.7 Å². The number of nitriles is 1. The third-order valence-electron chi connectivity index (χ3n) is 4.84. The second-order valence-electron chi connectivity index (χ2n) is 6.73. The molecular formula is C24H30N4O. The number of carbonyl (C=O) groups excluding carboxylic acids is 1. The highest BCUT2D eigenvalue weighted by atomic mass is 16.1. The zero-order valence-electron chi connectivity index (χ0n) is 17.3. The van der Waals surface area contributed by atoms with E-state index in [4.69, 9.17) is 0 Å². The maximum atomic E-state index is 12.7. The molecule has 5 nitrogen and oxygen atoms in total. The van der Waals surface area contributed by atoms with E-state index in [-0.39, 0.29) is 17.5 Å². The lowest BCUT2D eigenvalue weighted by atomic mass is 9.98. The Morgan fingerprint density at radius 3 is 2.07 bits per heavy atom. The Kier molecular flexibility index (Phi) is 9.47. The van der Waals surface area contributed by atoms with Crippen molar-refractivity contribution in [2.24, 2.45) is 0 Å². The number of amides is 1. The number of benzene rings is 2. The summed E-state index contributed by atoms with van der Waals surface area (Å²) in [6, 6.07) is 21.2. The lowest BCUT2D eigenvalue weighted by molar-refractivity contribution is -0.117. The number of rotatable bonds is 11. The predicted octanol–water partition coefficient (Wildman–Crippen LogP) is 3.62. The van der Waals surface area contributed by atoms with Gasteiger partial charge in [-0.15, -0.1) is 0 Å². The predicted molar refractivity (Wildman–Crippen MR) is 117 cm³/mol. The summed E-state index contributed by atoms with van der Waals surface area (Å²) >= 11 is 0. The van der Waals surface area contributed by atoms with Gasteiger partial charge in [0.1, 0.15) is 11.6 Å². The fourth-order valence-corrected chi connectivity index (χ4v) is 3.13. The zero-order valence-corrected chi connectivity index (χ0v) is 17.3. The molecule has 0 saturated heterocycles. The third kappa shape index (κ3) is 7.10. The summed E-state index contributed by atoms with van der Waals surface area (Å²) < 4.78 is 0. The quantitative estimate of drug-likeness (QED) is 0.349. The lowest BCUT2D eigenvalue weighted by Crippen LogP contribution is -2.31. The van der Waals surface area contributed by atoms with E-state index in [1.165, 1.54) is 6.20 Å². The van der Waals surface area contributed by atoms with E-state index in [0.717, 1.165) is 43.7 Å². The summed E-state index contributed by atoms with van der Waals surface area (Å²) in [6.45, 7) is 8.05. The van der Waals surface area contributed by atoms with Crippen molar-refractivity contribution in [3.05, 3.63) is 83.6 Å². The van der Waals surface area contributed by atoms with Crippen molar-refractivity contribution in [1.29, 1.82) is 5.26 Å². The van der Waals surface area contributed by atoms with Gasteiger partial charge in [-0.2, -0.15) is 5.26 Å². The van der Waals surface area contributed by atoms with Gasteiger partial charge in [-0.3, -0.25) is 4.79 Å². The van der Waals surface area contributed by atoms with E-state index in [9.17, 15) is 10.1 Å². The summed E-state index contributed by atoms with van der Waals surface area (Å²) in [5, 5.41) is 15.5. The maximum Gasteiger partial charge on any atom is 0.264 e. The first-order valence-electron chi connectivity index (χ1n) is 10.2. The van der Waals surface area contributed by atoms with Crippen LogP contribution in [0.25, 0.3) is 0 Å². The smallest absolute Gasteiger partial charge is 0.264 e. The van der Waals surface area contributed by atoms with Crippen LogP contribution in [-0.4, -0.2) is 37.0 Å². The lowest BCUT2D eigenvalue weighted by Gasteiger charge is -2.20. The van der Waals surface area contributed by atoms with E-state index in [0.29, 0.717) is 0 Å². The molecule has 0 unspecified atom stereocenters. The van der Waals surface area contributed by atoms with Crippen LogP contribution in [0, 0.1) is 11.3 Å². The van der Waals surface area contributed by atoms with Crippen molar-refractivity contribution >= 4 is 5.91 Å². The molecule has 0 saturated carbocycles. The highest BCUT2D eigenvalue weighted by molar-refractivity contribution is 5.97. The fraction of sp³-hybridized carbons (Fsp3) is 0.333. The summed E-state index contributed by atoms with van der Waals surface area (Å²) in [4.78, 5) is 15.1. The summed E-state index contributed by atoms with van der Waals surface area (Å²) in [5.74, 6) is -0.388. The topological polar surface area (TPSA) is 68.2 Å². The SMILES string of the molecule is CCN(CC)CCCN/C=C(/C#N)C(=O)NC(c1ccccc1)c1ccccc1. The third-order valence-corrected chi connectivity index (χ3v) is 4.84. The standard InChI is InChI=1S/C24H30N4O/c1-3-28(4-2)17-11-16-26-19-22(18-25)24(29)27-23(20-12-7-5-8-13-20)21-14-9-6-10-15-21/h5-10,12-15,19,23,26H,3-4,11,16-17H2,1-2H3,(H,27,29)/b22-19-. The Hall–Kier alpha value is -3.10. The molecule has 0 atom stereocenters. The molecule has 2 aromatic rings. The van der Waals surface area contributed by atoms with Gasteiger partial charge < -0.3 is 15.5 Å². The monoisotopic (exact) mass is 390 g/mol. The summed E-state index contributed by atoms with van der Waals surface area (Å²) in [5.41, 5.74) is 2.01. The average molecular weight is 391 g/mol. The van der Waals surface area contributed by atoms with Crippen LogP contribution in [0.2, 0.25) is 0 Å². The molecule has 1 amide bonds. The van der Waals surface area contributed by atoms with Crippen LogP contribution >= 0.6 is 0 Å². The van der Waals surface area contributed by atoms with Crippen LogP contribution in [0.1, 0.15) is 37.4 Å². The molecule has 0 fully saturated rings. The van der Waals surface area contributed by atoms with Gasteiger partial charge in [0.05, 0.1) is 6.04 Å². The molecule has 152 valence electrons. The number of nitrogens with zero attached hydrogens (tertiary/aromatic N) is 2. The number of hydrogen-bond donors (Lipinski definition) is 2. The van der Waals surface area contributed by atoms with Gasteiger partial charge in [0, 0.05) is 12.7 Å². The van der Waals surface area contributed by atoms with Gasteiger partial charge in [0.15, 0.2) is 0 Å². The largest absolute Gasteiger partial charge is 0.390 e. The van der Waals surface area contributed by atoms with Crippen LogP contribution in [0.4, 0.5) is 0 Å². The van der Waals surface area contributed by atoms with Crippen LogP contribution in [0.5, 0.6) is 0 Å². The molecule has 0 aliphatic rings. The number of nitrogens with one attached hydrogen (secondary N) is 2. The average Bonchev–Trinajstić information content (AvgIpc) is 2.78. The Labute approximate surface area is 174 Å². The fourth-order valence-electron chi connectivity index (χ4n) is 3.13. The molecule has 5 heteroatoms. The van der Waals surface area contributed by atoms with Gasteiger partial charge >= 0.3 is 0 Å². The second-order valence-corrected chi connectivity index (χ2v) is 6.73. The van der Waals surface area contributed by atoms with E-state index < -0.39 is 0 Å². The van der Waals surface area contributed by atoms with Crippen LogP contribution in [-0.2, 0) is 4.79 Å². The van der Waals surface area contributed by atoms with Crippen LogP contribution in [0.15, 0.2) is 72.4 Å². The van der Waals surface area contributed by atoms with E-state index in [2.05, 4.69) is 29.4 Å². The molecular weight excluding hydrogens is 360 g/mol. The molecule has 2 rings (SSSR count). The van der Waals surface area contributed by atoms with Crippen LogP contribution in [0.3, 0.4) is 0 Å². The van der Waals surface area contributed by atoms with Gasteiger partial charge in [0.2, 0.25) is 0 Å². The molecule has 0 heterocycles. The molecule has 29 heavy (non-hydrogen) atoms. The number of carbonyl (C=O) groups is 1. The highest BCUT2D eigenvalue weighted by Gasteiger charge is 2.19. The summed E-state index contributed by atoms with van der Waals surface area (Å²) in [7, 11) is 0. The molecule has 2 N–H and O–H groups in total. The minimum atomic E-state index is -0.388. The van der Waals surface area contributed by atoms with Crippen molar-refractivity contribution in [3.8, 4) is 6.07 Å². The molecule has 2 aromatic carbocycles. The van der Waals surface area contributed by atoms with Crippen LogP contribution < -0.4 is 10.6 Å². The number of hydrogen-bond acceptors (Lipinski definition) is 4. The second kappa shape index (κ2) is 12.4. The Morgan fingerprint density at radius 2 is 1.59 bits per heavy atom. The van der Waals surface area contributed by atoms with Crippen molar-refractivity contribution in [2.45, 2.75) is 26.3 Å². The first-order valence-corrected chi connectivity index (χ1v) is 10.2. The first kappa shape index (κ1) is 22.2. The van der Waals surface area contributed by atoms with Gasteiger partial charge in [-0.1, -0.05) is 74.5 Å². The first-order chi connectivity index (χ1) is 14.2. The highest BCUT2D eigenvalue weighted by Crippen LogP contribution is 2.22. The minimum Gasteiger partial charge on any atom is -0.390 e. The molecule has 0 spiro atoms. The van der Waals surface area contributed by atoms with Gasteiger partial charge in [0.25, 0.3) is 5.91 Å². The van der Waals surface area contributed by atoms with Crippen molar-refractivity contribution in [2.75, 3.05) is 26.2 Å². The zero-order chi connectivity index (χ0) is 20.9. The molecule has 0 radical (unpaired) electrons. The van der Waals surface area contributed by atoms with Gasteiger partial charge in [-0.05, 0) is 37.2 Å². The normalized spacial score (nSPS) is 11.3. The minimum absolute atomic E-state index is 0.0738. The maximum absolute atomic E-state index is 12.7. The van der Waals surface area contributed by atoms with E-state index in [1.54, 1.807) is 0 Å².